The Morgan fingerprint density at radius 3 is 2.59 bits per heavy atom. The van der Waals surface area contributed by atoms with E-state index in [0.717, 1.165) is 6.42 Å². The first-order chi connectivity index (χ1) is 10.3. The van der Waals surface area contributed by atoms with E-state index in [9.17, 15) is 8.42 Å². The molecule has 0 radical (unpaired) electrons. The van der Waals surface area contributed by atoms with Gasteiger partial charge in [0.1, 0.15) is 4.90 Å². The minimum absolute atomic E-state index is 0.264. The van der Waals surface area contributed by atoms with Crippen LogP contribution in [-0.2, 0) is 21.8 Å². The summed E-state index contributed by atoms with van der Waals surface area (Å²) in [5.41, 5.74) is 1.17. The summed E-state index contributed by atoms with van der Waals surface area (Å²) in [5, 5.41) is 4.15. The zero-order valence-corrected chi connectivity index (χ0v) is 14.7. The molecule has 0 saturated heterocycles. The van der Waals surface area contributed by atoms with Crippen LogP contribution in [0.4, 0.5) is 0 Å². The van der Waals surface area contributed by atoms with Crippen molar-refractivity contribution in [2.24, 2.45) is 13.0 Å². The predicted octanol–water partition coefficient (Wildman–Crippen LogP) is 1.91. The Morgan fingerprint density at radius 1 is 1.32 bits per heavy atom. The van der Waals surface area contributed by atoms with Crippen LogP contribution in [0.15, 0.2) is 4.90 Å². The molecule has 1 aromatic rings. The molecule has 0 bridgehead atoms. The van der Waals surface area contributed by atoms with Gasteiger partial charge in [-0.05, 0) is 32.6 Å². The summed E-state index contributed by atoms with van der Waals surface area (Å²) in [6.45, 7) is 6.37. The largest absolute Gasteiger partial charge is 0.377 e. The van der Waals surface area contributed by atoms with Gasteiger partial charge in [-0.2, -0.15) is 5.10 Å². The topological polar surface area (TPSA) is 73.2 Å². The lowest BCUT2D eigenvalue weighted by Crippen LogP contribution is -2.32. The summed E-state index contributed by atoms with van der Waals surface area (Å²) in [6.07, 6.45) is 5.02. The number of nitrogens with one attached hydrogen (secondary N) is 1. The van der Waals surface area contributed by atoms with Crippen LogP contribution in [0, 0.1) is 19.8 Å². The number of hydrogen-bond donors (Lipinski definition) is 1. The van der Waals surface area contributed by atoms with Gasteiger partial charge in [0.05, 0.1) is 24.1 Å². The zero-order valence-electron chi connectivity index (χ0n) is 13.9. The van der Waals surface area contributed by atoms with Gasteiger partial charge in [0.2, 0.25) is 10.0 Å². The highest BCUT2D eigenvalue weighted by Crippen LogP contribution is 2.26. The van der Waals surface area contributed by atoms with E-state index >= 15 is 0 Å². The Bertz CT molecular complexity index is 610. The second-order valence-electron chi connectivity index (χ2n) is 6.19. The minimum atomic E-state index is -3.53. The van der Waals surface area contributed by atoms with Gasteiger partial charge in [-0.25, -0.2) is 13.1 Å². The van der Waals surface area contributed by atoms with Crippen molar-refractivity contribution < 1.29 is 13.2 Å². The maximum Gasteiger partial charge on any atom is 0.244 e. The molecule has 126 valence electrons. The third kappa shape index (κ3) is 3.88. The lowest BCUT2D eigenvalue weighted by molar-refractivity contribution is -0.00177. The maximum absolute atomic E-state index is 12.4. The Labute approximate surface area is 133 Å². The fraction of sp³-hybridized carbons (Fsp3) is 0.800. The van der Waals surface area contributed by atoms with Crippen molar-refractivity contribution in [1.29, 1.82) is 0 Å². The molecule has 6 nitrogen and oxygen atoms in total. The quantitative estimate of drug-likeness (QED) is 0.809. The number of aryl methyl sites for hydroxylation is 2. The second-order valence-corrected chi connectivity index (χ2v) is 7.90. The second kappa shape index (κ2) is 7.10. The van der Waals surface area contributed by atoms with Crippen molar-refractivity contribution in [3.63, 3.8) is 0 Å². The maximum atomic E-state index is 12.4. The Morgan fingerprint density at radius 2 is 2.00 bits per heavy atom. The van der Waals surface area contributed by atoms with Crippen molar-refractivity contribution >= 4 is 10.0 Å². The van der Waals surface area contributed by atoms with Gasteiger partial charge in [-0.15, -0.1) is 0 Å². The Balaban J connectivity index is 1.88. The molecular weight excluding hydrogens is 302 g/mol. The van der Waals surface area contributed by atoms with Gasteiger partial charge in [-0.1, -0.05) is 19.8 Å². The summed E-state index contributed by atoms with van der Waals surface area (Å²) in [5.74, 6) is 0.563. The van der Waals surface area contributed by atoms with Gasteiger partial charge in [0.25, 0.3) is 0 Å². The van der Waals surface area contributed by atoms with E-state index in [4.69, 9.17) is 4.74 Å². The number of hydrogen-bond acceptors (Lipinski definition) is 4. The van der Waals surface area contributed by atoms with E-state index in [1.54, 1.807) is 25.6 Å². The van der Waals surface area contributed by atoms with Crippen LogP contribution in [0.25, 0.3) is 0 Å². The molecule has 0 amide bonds. The number of rotatable bonds is 6. The predicted molar refractivity (Wildman–Crippen MR) is 85.2 cm³/mol. The van der Waals surface area contributed by atoms with Gasteiger partial charge >= 0.3 is 0 Å². The van der Waals surface area contributed by atoms with Gasteiger partial charge in [-0.3, -0.25) is 4.68 Å². The molecule has 1 N–H and O–H groups in total. The van der Waals surface area contributed by atoms with Crippen LogP contribution in [0.2, 0.25) is 0 Å². The molecule has 2 rings (SSSR count). The van der Waals surface area contributed by atoms with Gasteiger partial charge < -0.3 is 4.74 Å². The van der Waals surface area contributed by atoms with E-state index in [1.165, 1.54) is 19.3 Å². The zero-order chi connectivity index (χ0) is 16.3. The van der Waals surface area contributed by atoms with Crippen molar-refractivity contribution in [2.45, 2.75) is 57.5 Å². The number of ether oxygens (including phenoxy) is 1. The lowest BCUT2D eigenvalue weighted by atomic mass is 9.88. The Hall–Kier alpha value is -0.920. The van der Waals surface area contributed by atoms with Crippen molar-refractivity contribution in [1.82, 2.24) is 14.5 Å². The SMILES string of the molecule is Cc1nn(C)c(C)c1S(=O)(=O)NCCO[C@@H]1CCCC[C@@H]1C. The highest BCUT2D eigenvalue weighted by atomic mass is 32.2. The van der Waals surface area contributed by atoms with E-state index in [1.807, 2.05) is 0 Å². The molecule has 0 aliphatic heterocycles. The molecular formula is C15H27N3O3S. The van der Waals surface area contributed by atoms with Crippen LogP contribution >= 0.6 is 0 Å². The average molecular weight is 329 g/mol. The van der Waals surface area contributed by atoms with E-state index in [-0.39, 0.29) is 11.0 Å². The smallest absolute Gasteiger partial charge is 0.244 e. The Kier molecular flexibility index (Phi) is 5.63. The van der Waals surface area contributed by atoms with Gasteiger partial charge in [0.15, 0.2) is 0 Å². The van der Waals surface area contributed by atoms with Gasteiger partial charge in [0, 0.05) is 13.6 Å². The van der Waals surface area contributed by atoms with E-state index in [0.29, 0.717) is 30.5 Å². The molecule has 1 heterocycles. The lowest BCUT2D eigenvalue weighted by Gasteiger charge is -2.28. The highest BCUT2D eigenvalue weighted by Gasteiger charge is 2.24. The summed E-state index contributed by atoms with van der Waals surface area (Å²) in [4.78, 5) is 0.279. The van der Waals surface area contributed by atoms with E-state index < -0.39 is 10.0 Å². The molecule has 1 fully saturated rings. The molecule has 0 spiro atoms. The first kappa shape index (κ1) is 17.4. The van der Waals surface area contributed by atoms with Crippen molar-refractivity contribution in [3.8, 4) is 0 Å². The molecule has 1 aliphatic rings. The fourth-order valence-electron chi connectivity index (χ4n) is 3.13. The van der Waals surface area contributed by atoms with Crippen LogP contribution < -0.4 is 4.72 Å². The number of sulfonamides is 1. The minimum Gasteiger partial charge on any atom is -0.377 e. The number of nitrogens with zero attached hydrogens (tertiary/aromatic N) is 2. The summed E-state index contributed by atoms with van der Waals surface area (Å²) < 4.78 is 34.8. The molecule has 0 aromatic carbocycles. The first-order valence-electron chi connectivity index (χ1n) is 7.94. The third-order valence-electron chi connectivity index (χ3n) is 4.47. The van der Waals surface area contributed by atoms with Crippen LogP contribution in [0.3, 0.4) is 0 Å². The standard InChI is InChI=1S/C15H27N3O3S/c1-11-7-5-6-8-14(11)21-10-9-16-22(19,20)15-12(2)17-18(4)13(15)3/h11,14,16H,5-10H2,1-4H3/t11-,14+/m0/s1. The summed E-state index contributed by atoms with van der Waals surface area (Å²) >= 11 is 0. The fourth-order valence-corrected chi connectivity index (χ4v) is 4.58. The van der Waals surface area contributed by atoms with Crippen LogP contribution in [-0.4, -0.2) is 37.5 Å². The van der Waals surface area contributed by atoms with Crippen molar-refractivity contribution in [3.05, 3.63) is 11.4 Å². The molecule has 1 aliphatic carbocycles. The number of aromatic nitrogens is 2. The molecule has 1 saturated carbocycles. The van der Waals surface area contributed by atoms with E-state index in [2.05, 4.69) is 16.7 Å². The summed E-state index contributed by atoms with van der Waals surface area (Å²) in [7, 11) is -1.79. The molecule has 22 heavy (non-hydrogen) atoms. The third-order valence-corrected chi connectivity index (χ3v) is 6.18. The molecule has 0 unspecified atom stereocenters. The molecule has 7 heteroatoms. The normalized spacial score (nSPS) is 22.9. The summed E-state index contributed by atoms with van der Waals surface area (Å²) in [6, 6.07) is 0. The first-order valence-corrected chi connectivity index (χ1v) is 9.42. The molecule has 2 atom stereocenters. The monoisotopic (exact) mass is 329 g/mol. The van der Waals surface area contributed by atoms with Crippen LogP contribution in [0.5, 0.6) is 0 Å². The molecule has 1 aromatic heterocycles. The van der Waals surface area contributed by atoms with Crippen LogP contribution in [0.1, 0.15) is 44.0 Å². The highest BCUT2D eigenvalue weighted by molar-refractivity contribution is 7.89. The average Bonchev–Trinajstić information content (AvgIpc) is 2.70. The van der Waals surface area contributed by atoms with Crippen molar-refractivity contribution in [2.75, 3.05) is 13.2 Å².